The van der Waals surface area contributed by atoms with Gasteiger partial charge in [-0.2, -0.15) is 0 Å². The number of hydrogen-bond acceptors (Lipinski definition) is 4. The zero-order valence-corrected chi connectivity index (χ0v) is 14.0. The fourth-order valence-corrected chi connectivity index (χ4v) is 2.14. The largest absolute Gasteiger partial charge is 0.443 e. The first-order valence-electron chi connectivity index (χ1n) is 7.60. The standard InChI is InChI=1S/C18H22FN3O2/c1-18(2,3)24-17(23)22-21-16(12-4-8-14(19)9-5-12)13-6-10-15(20)11-7-13/h4-11,16,21H,20H2,1-3H3,(H,22,23)/t16-/m1/s1. The summed E-state index contributed by atoms with van der Waals surface area (Å²) in [7, 11) is 0. The fourth-order valence-electron chi connectivity index (χ4n) is 2.14. The molecule has 24 heavy (non-hydrogen) atoms. The molecule has 4 N–H and O–H groups in total. The van der Waals surface area contributed by atoms with Crippen molar-refractivity contribution >= 4 is 11.8 Å². The normalized spacial score (nSPS) is 12.5. The minimum atomic E-state index is -0.599. The second-order valence-electron chi connectivity index (χ2n) is 6.42. The molecular formula is C18H22FN3O2. The van der Waals surface area contributed by atoms with Crippen LogP contribution in [0, 0.1) is 5.82 Å². The van der Waals surface area contributed by atoms with Gasteiger partial charge in [-0.15, -0.1) is 0 Å². The number of halogens is 1. The molecule has 0 bridgehead atoms. The Labute approximate surface area is 141 Å². The maximum atomic E-state index is 13.2. The number of rotatable bonds is 4. The zero-order chi connectivity index (χ0) is 17.7. The van der Waals surface area contributed by atoms with Crippen LogP contribution >= 0.6 is 0 Å². The SMILES string of the molecule is CC(C)(C)OC(=O)NN[C@@H](c1ccc(N)cc1)c1ccc(F)cc1. The van der Waals surface area contributed by atoms with Gasteiger partial charge in [0.25, 0.3) is 0 Å². The molecule has 2 aromatic rings. The summed E-state index contributed by atoms with van der Waals surface area (Å²) in [6.07, 6.45) is -0.593. The number of hydrogen-bond donors (Lipinski definition) is 3. The first-order chi connectivity index (χ1) is 11.2. The maximum Gasteiger partial charge on any atom is 0.422 e. The topological polar surface area (TPSA) is 76.4 Å². The Morgan fingerprint density at radius 1 is 1.04 bits per heavy atom. The molecule has 0 spiro atoms. The van der Waals surface area contributed by atoms with Crippen LogP contribution in [0.25, 0.3) is 0 Å². The molecule has 0 aliphatic rings. The molecule has 128 valence electrons. The predicted octanol–water partition coefficient (Wildman–Crippen LogP) is 3.53. The summed E-state index contributed by atoms with van der Waals surface area (Å²) < 4.78 is 18.4. The molecule has 0 radical (unpaired) electrons. The smallest absolute Gasteiger partial charge is 0.422 e. The molecule has 0 aromatic heterocycles. The van der Waals surface area contributed by atoms with Crippen LogP contribution in [-0.2, 0) is 4.74 Å². The van der Waals surface area contributed by atoms with E-state index in [0.29, 0.717) is 5.69 Å². The summed E-state index contributed by atoms with van der Waals surface area (Å²) in [6, 6.07) is 12.9. The monoisotopic (exact) mass is 331 g/mol. The highest BCUT2D eigenvalue weighted by atomic mass is 19.1. The van der Waals surface area contributed by atoms with Crippen molar-refractivity contribution in [3.8, 4) is 0 Å². The number of anilines is 1. The Hall–Kier alpha value is -2.60. The van der Waals surface area contributed by atoms with E-state index in [4.69, 9.17) is 10.5 Å². The minimum absolute atomic E-state index is 0.324. The lowest BCUT2D eigenvalue weighted by atomic mass is 9.99. The lowest BCUT2D eigenvalue weighted by molar-refractivity contribution is 0.0491. The third-order valence-electron chi connectivity index (χ3n) is 3.19. The lowest BCUT2D eigenvalue weighted by Crippen LogP contribution is -2.43. The van der Waals surface area contributed by atoms with Crippen molar-refractivity contribution in [3.63, 3.8) is 0 Å². The van der Waals surface area contributed by atoms with Crippen molar-refractivity contribution < 1.29 is 13.9 Å². The van der Waals surface area contributed by atoms with Crippen LogP contribution in [0.1, 0.15) is 37.9 Å². The Bertz CT molecular complexity index is 633. The van der Waals surface area contributed by atoms with Crippen LogP contribution in [0.5, 0.6) is 0 Å². The Balaban J connectivity index is 2.18. The summed E-state index contributed by atoms with van der Waals surface area (Å²) in [6.45, 7) is 5.35. The molecule has 0 saturated heterocycles. The summed E-state index contributed by atoms with van der Waals surface area (Å²) in [5.74, 6) is -0.324. The summed E-state index contributed by atoms with van der Waals surface area (Å²) in [5, 5.41) is 0. The number of benzene rings is 2. The molecule has 1 atom stereocenters. The van der Waals surface area contributed by atoms with Gasteiger partial charge in [0.15, 0.2) is 0 Å². The van der Waals surface area contributed by atoms with Crippen molar-refractivity contribution in [3.05, 3.63) is 65.5 Å². The van der Waals surface area contributed by atoms with E-state index in [9.17, 15) is 9.18 Å². The van der Waals surface area contributed by atoms with Crippen molar-refractivity contribution in [1.29, 1.82) is 0 Å². The van der Waals surface area contributed by atoms with Gasteiger partial charge >= 0.3 is 6.09 Å². The maximum absolute atomic E-state index is 13.2. The van der Waals surface area contributed by atoms with Crippen LogP contribution in [0.2, 0.25) is 0 Å². The van der Waals surface area contributed by atoms with Gasteiger partial charge in [0, 0.05) is 5.69 Å². The Kier molecular flexibility index (Phi) is 5.41. The molecular weight excluding hydrogens is 309 g/mol. The Morgan fingerprint density at radius 3 is 2.04 bits per heavy atom. The number of ether oxygens (including phenoxy) is 1. The van der Waals surface area contributed by atoms with Gasteiger partial charge < -0.3 is 10.5 Å². The van der Waals surface area contributed by atoms with E-state index in [2.05, 4.69) is 10.9 Å². The molecule has 2 rings (SSSR count). The molecule has 0 aliphatic heterocycles. The van der Waals surface area contributed by atoms with Gasteiger partial charge in [-0.1, -0.05) is 24.3 Å². The highest BCUT2D eigenvalue weighted by Gasteiger charge is 2.19. The molecule has 0 heterocycles. The van der Waals surface area contributed by atoms with E-state index in [0.717, 1.165) is 11.1 Å². The van der Waals surface area contributed by atoms with Crippen molar-refractivity contribution in [2.75, 3.05) is 5.73 Å². The zero-order valence-electron chi connectivity index (χ0n) is 14.0. The summed E-state index contributed by atoms with van der Waals surface area (Å²) >= 11 is 0. The average molecular weight is 331 g/mol. The summed E-state index contributed by atoms with van der Waals surface area (Å²) in [5.41, 5.74) is 12.9. The van der Waals surface area contributed by atoms with Crippen LogP contribution in [0.15, 0.2) is 48.5 Å². The molecule has 0 saturated carbocycles. The van der Waals surface area contributed by atoms with Gasteiger partial charge in [0.05, 0.1) is 6.04 Å². The third-order valence-corrected chi connectivity index (χ3v) is 3.19. The van der Waals surface area contributed by atoms with E-state index in [-0.39, 0.29) is 11.9 Å². The van der Waals surface area contributed by atoms with Crippen molar-refractivity contribution in [2.24, 2.45) is 0 Å². The molecule has 1 amide bonds. The fraction of sp³-hybridized carbons (Fsp3) is 0.278. The quantitative estimate of drug-likeness (QED) is 0.592. The number of nitrogens with two attached hydrogens (primary N) is 1. The van der Waals surface area contributed by atoms with E-state index < -0.39 is 11.7 Å². The van der Waals surface area contributed by atoms with Crippen LogP contribution < -0.4 is 16.6 Å². The van der Waals surface area contributed by atoms with Gasteiger partial charge in [-0.3, -0.25) is 5.43 Å². The average Bonchev–Trinajstić information content (AvgIpc) is 2.49. The second kappa shape index (κ2) is 7.31. The van der Waals surface area contributed by atoms with E-state index in [1.807, 2.05) is 12.1 Å². The van der Waals surface area contributed by atoms with Gasteiger partial charge in [0.1, 0.15) is 11.4 Å². The lowest BCUT2D eigenvalue weighted by Gasteiger charge is -2.23. The van der Waals surface area contributed by atoms with Crippen LogP contribution in [-0.4, -0.2) is 11.7 Å². The molecule has 0 aliphatic carbocycles. The van der Waals surface area contributed by atoms with E-state index >= 15 is 0 Å². The van der Waals surface area contributed by atoms with E-state index in [1.54, 1.807) is 45.0 Å². The minimum Gasteiger partial charge on any atom is -0.443 e. The molecule has 2 aromatic carbocycles. The number of nitrogen functional groups attached to an aromatic ring is 1. The van der Waals surface area contributed by atoms with Crippen LogP contribution in [0.4, 0.5) is 14.9 Å². The number of nitrogens with one attached hydrogen (secondary N) is 2. The number of hydrazine groups is 1. The van der Waals surface area contributed by atoms with Gasteiger partial charge in [0.2, 0.25) is 0 Å². The predicted molar refractivity (Wildman–Crippen MR) is 91.6 cm³/mol. The molecule has 6 heteroatoms. The Morgan fingerprint density at radius 2 is 1.54 bits per heavy atom. The van der Waals surface area contributed by atoms with Crippen molar-refractivity contribution in [1.82, 2.24) is 10.9 Å². The first-order valence-corrected chi connectivity index (χ1v) is 7.60. The summed E-state index contributed by atoms with van der Waals surface area (Å²) in [4.78, 5) is 11.9. The molecule has 0 fully saturated rings. The van der Waals surface area contributed by atoms with E-state index in [1.165, 1.54) is 12.1 Å². The highest BCUT2D eigenvalue weighted by molar-refractivity contribution is 5.67. The third kappa shape index (κ3) is 5.24. The number of carbonyl (C=O) groups is 1. The first kappa shape index (κ1) is 17.7. The van der Waals surface area contributed by atoms with Gasteiger partial charge in [-0.05, 0) is 56.2 Å². The van der Waals surface area contributed by atoms with Crippen molar-refractivity contribution in [2.45, 2.75) is 32.4 Å². The molecule has 5 nitrogen and oxygen atoms in total. The highest BCUT2D eigenvalue weighted by Crippen LogP contribution is 2.23. The number of carbonyl (C=O) groups excluding carboxylic acids is 1. The van der Waals surface area contributed by atoms with Crippen LogP contribution in [0.3, 0.4) is 0 Å². The molecule has 0 unspecified atom stereocenters. The second-order valence-corrected chi connectivity index (χ2v) is 6.42. The number of amides is 1. The van der Waals surface area contributed by atoms with Gasteiger partial charge in [-0.25, -0.2) is 14.6 Å².